The molecule has 0 aliphatic heterocycles. The largest absolute Gasteiger partial charge is 0.507 e. The Morgan fingerprint density at radius 3 is 2.65 bits per heavy atom. The van der Waals surface area contributed by atoms with Gasteiger partial charge in [-0.15, -0.1) is 11.3 Å². The van der Waals surface area contributed by atoms with Crippen molar-refractivity contribution >= 4 is 23.2 Å². The summed E-state index contributed by atoms with van der Waals surface area (Å²) in [5.74, 6) is -1.57. The number of carbonyl (C=O) groups excluding carboxylic acids is 1. The number of phenols is 1. The second-order valence-electron chi connectivity index (χ2n) is 4.03. The first-order valence-electron chi connectivity index (χ1n) is 5.75. The highest BCUT2D eigenvalue weighted by Gasteiger charge is 2.15. The molecule has 0 unspecified atom stereocenters. The molecule has 3 N–H and O–H groups in total. The number of carboxylic acids is 1. The molecule has 2 rings (SSSR count). The minimum atomic E-state index is -1.03. The lowest BCUT2D eigenvalue weighted by atomic mass is 10.2. The molecule has 0 fully saturated rings. The van der Waals surface area contributed by atoms with E-state index >= 15 is 0 Å². The number of amides is 1. The Bertz CT molecular complexity index is 666. The number of aromatic carboxylic acids is 1. The number of thiazole rings is 1. The van der Waals surface area contributed by atoms with Gasteiger partial charge in [-0.1, -0.05) is 12.1 Å². The predicted molar refractivity (Wildman–Crippen MR) is 73.1 cm³/mol. The van der Waals surface area contributed by atoms with Gasteiger partial charge in [0.05, 0.1) is 17.8 Å². The zero-order chi connectivity index (χ0) is 14.7. The molecule has 0 atom stereocenters. The van der Waals surface area contributed by atoms with Crippen LogP contribution in [0, 0.1) is 6.92 Å². The van der Waals surface area contributed by atoms with Gasteiger partial charge >= 0.3 is 5.97 Å². The van der Waals surface area contributed by atoms with Crippen LogP contribution in [0.3, 0.4) is 0 Å². The van der Waals surface area contributed by atoms with E-state index in [0.29, 0.717) is 10.7 Å². The van der Waals surface area contributed by atoms with Crippen LogP contribution in [0.1, 0.15) is 30.7 Å². The van der Waals surface area contributed by atoms with Crippen LogP contribution in [-0.2, 0) is 6.54 Å². The number of benzene rings is 1. The summed E-state index contributed by atoms with van der Waals surface area (Å²) in [7, 11) is 0. The van der Waals surface area contributed by atoms with Gasteiger partial charge in [0.25, 0.3) is 5.91 Å². The monoisotopic (exact) mass is 292 g/mol. The van der Waals surface area contributed by atoms with Gasteiger partial charge < -0.3 is 15.5 Å². The van der Waals surface area contributed by atoms with Crippen LogP contribution in [0.15, 0.2) is 24.3 Å². The summed E-state index contributed by atoms with van der Waals surface area (Å²) in [5.41, 5.74) is 0.591. The van der Waals surface area contributed by atoms with Crippen molar-refractivity contribution < 1.29 is 19.8 Å². The molecule has 1 heterocycles. The summed E-state index contributed by atoms with van der Waals surface area (Å²) in [6, 6.07) is 6.19. The average Bonchev–Trinajstić information content (AvgIpc) is 2.78. The van der Waals surface area contributed by atoms with Crippen LogP contribution < -0.4 is 5.32 Å². The first-order chi connectivity index (χ1) is 9.49. The number of para-hydroxylation sites is 1. The Labute approximate surface area is 118 Å². The second-order valence-corrected chi connectivity index (χ2v) is 5.11. The number of nitrogens with one attached hydrogen (secondary N) is 1. The van der Waals surface area contributed by atoms with Crippen molar-refractivity contribution in [2.24, 2.45) is 0 Å². The summed E-state index contributed by atoms with van der Waals surface area (Å²) in [6.07, 6.45) is 0. The fourth-order valence-corrected chi connectivity index (χ4v) is 2.49. The third-order valence-corrected chi connectivity index (χ3v) is 3.73. The first kappa shape index (κ1) is 14.0. The molecule has 2 aromatic rings. The van der Waals surface area contributed by atoms with Crippen molar-refractivity contribution in [1.82, 2.24) is 10.3 Å². The SMILES string of the molecule is Cc1nc(CNC(=O)c2ccccc2O)sc1C(=O)O. The molecule has 0 saturated heterocycles. The number of nitrogens with zero attached hydrogens (tertiary/aromatic N) is 1. The fourth-order valence-electron chi connectivity index (χ4n) is 1.64. The third-order valence-electron chi connectivity index (χ3n) is 2.58. The number of hydrogen-bond donors (Lipinski definition) is 3. The summed E-state index contributed by atoms with van der Waals surface area (Å²) >= 11 is 1.02. The summed E-state index contributed by atoms with van der Waals surface area (Å²) in [5, 5.41) is 21.6. The Hall–Kier alpha value is -2.41. The lowest BCUT2D eigenvalue weighted by Gasteiger charge is -2.04. The van der Waals surface area contributed by atoms with E-state index in [4.69, 9.17) is 5.11 Å². The van der Waals surface area contributed by atoms with E-state index < -0.39 is 11.9 Å². The van der Waals surface area contributed by atoms with Crippen molar-refractivity contribution in [2.75, 3.05) is 0 Å². The van der Waals surface area contributed by atoms with Crippen LogP contribution in [0.25, 0.3) is 0 Å². The van der Waals surface area contributed by atoms with Crippen LogP contribution in [0.2, 0.25) is 0 Å². The van der Waals surface area contributed by atoms with Gasteiger partial charge in [-0.05, 0) is 19.1 Å². The van der Waals surface area contributed by atoms with Crippen molar-refractivity contribution in [3.63, 3.8) is 0 Å². The Balaban J connectivity index is 2.06. The number of hydrogen-bond acceptors (Lipinski definition) is 5. The zero-order valence-electron chi connectivity index (χ0n) is 10.6. The van der Waals surface area contributed by atoms with E-state index in [1.807, 2.05) is 0 Å². The van der Waals surface area contributed by atoms with Gasteiger partial charge in [-0.25, -0.2) is 9.78 Å². The van der Waals surface area contributed by atoms with Crippen LogP contribution in [0.5, 0.6) is 5.75 Å². The van der Waals surface area contributed by atoms with E-state index in [9.17, 15) is 14.7 Å². The summed E-state index contributed by atoms with van der Waals surface area (Å²) in [6.45, 7) is 1.72. The lowest BCUT2D eigenvalue weighted by Crippen LogP contribution is -2.22. The van der Waals surface area contributed by atoms with Gasteiger partial charge in [0.2, 0.25) is 0 Å². The molecule has 0 saturated carbocycles. The molecule has 0 bridgehead atoms. The van der Waals surface area contributed by atoms with Gasteiger partial charge in [-0.3, -0.25) is 4.79 Å². The van der Waals surface area contributed by atoms with Crippen molar-refractivity contribution in [3.05, 3.63) is 45.4 Å². The maximum atomic E-state index is 11.9. The highest BCUT2D eigenvalue weighted by atomic mass is 32.1. The molecule has 1 amide bonds. The quantitative estimate of drug-likeness (QED) is 0.797. The van der Waals surface area contributed by atoms with Crippen molar-refractivity contribution in [2.45, 2.75) is 13.5 Å². The molecular formula is C13H12N2O4S. The highest BCUT2D eigenvalue weighted by Crippen LogP contribution is 2.19. The van der Waals surface area contributed by atoms with Crippen molar-refractivity contribution in [3.8, 4) is 5.75 Å². The lowest BCUT2D eigenvalue weighted by molar-refractivity contribution is 0.0701. The molecule has 0 radical (unpaired) electrons. The van der Waals surface area contributed by atoms with Gasteiger partial charge in [0.15, 0.2) is 0 Å². The topological polar surface area (TPSA) is 99.5 Å². The molecule has 1 aromatic carbocycles. The maximum absolute atomic E-state index is 11.9. The Kier molecular flexibility index (Phi) is 3.99. The first-order valence-corrected chi connectivity index (χ1v) is 6.56. The molecular weight excluding hydrogens is 280 g/mol. The minimum Gasteiger partial charge on any atom is -0.507 e. The van der Waals surface area contributed by atoms with Crippen LogP contribution in [0.4, 0.5) is 0 Å². The van der Waals surface area contributed by atoms with E-state index in [0.717, 1.165) is 11.3 Å². The summed E-state index contributed by atoms with van der Waals surface area (Å²) < 4.78 is 0. The fraction of sp³-hybridized carbons (Fsp3) is 0.154. The molecule has 7 heteroatoms. The van der Waals surface area contributed by atoms with Gasteiger partial charge in [-0.2, -0.15) is 0 Å². The van der Waals surface area contributed by atoms with Gasteiger partial charge in [0, 0.05) is 0 Å². The Morgan fingerprint density at radius 1 is 1.35 bits per heavy atom. The molecule has 6 nitrogen and oxygen atoms in total. The number of carbonyl (C=O) groups is 2. The molecule has 104 valence electrons. The normalized spacial score (nSPS) is 10.2. The standard InChI is InChI=1S/C13H12N2O4S/c1-7-11(13(18)19)20-10(15-7)6-14-12(17)8-4-2-3-5-9(8)16/h2-5,16H,6H2,1H3,(H,14,17)(H,18,19). The average molecular weight is 292 g/mol. The second kappa shape index (κ2) is 5.70. The van der Waals surface area contributed by atoms with E-state index in [1.54, 1.807) is 19.1 Å². The number of aromatic hydroxyl groups is 1. The minimum absolute atomic E-state index is 0.105. The van der Waals surface area contributed by atoms with Crippen molar-refractivity contribution in [1.29, 1.82) is 0 Å². The highest BCUT2D eigenvalue weighted by molar-refractivity contribution is 7.13. The number of phenolic OH excluding ortho intramolecular Hbond substituents is 1. The van der Waals surface area contributed by atoms with E-state index in [-0.39, 0.29) is 22.7 Å². The van der Waals surface area contributed by atoms with Crippen LogP contribution in [-0.4, -0.2) is 27.1 Å². The van der Waals surface area contributed by atoms with Gasteiger partial charge in [0.1, 0.15) is 15.6 Å². The van der Waals surface area contributed by atoms with E-state index in [2.05, 4.69) is 10.3 Å². The third kappa shape index (κ3) is 2.94. The number of aryl methyl sites for hydroxylation is 1. The number of carboxylic acid groups (broad SMARTS) is 1. The van der Waals surface area contributed by atoms with Crippen LogP contribution >= 0.6 is 11.3 Å². The predicted octanol–water partition coefficient (Wildman–Crippen LogP) is 1.79. The maximum Gasteiger partial charge on any atom is 0.347 e. The van der Waals surface area contributed by atoms with E-state index in [1.165, 1.54) is 12.1 Å². The smallest absolute Gasteiger partial charge is 0.347 e. The molecule has 0 aliphatic carbocycles. The number of rotatable bonds is 4. The Morgan fingerprint density at radius 2 is 2.05 bits per heavy atom. The number of aromatic nitrogens is 1. The summed E-state index contributed by atoms with van der Waals surface area (Å²) in [4.78, 5) is 27.0. The molecule has 0 spiro atoms. The molecule has 0 aliphatic rings. The molecule has 20 heavy (non-hydrogen) atoms. The molecule has 1 aromatic heterocycles. The zero-order valence-corrected chi connectivity index (χ0v) is 11.4.